The predicted molar refractivity (Wildman–Crippen MR) is 40.1 cm³/mol. The van der Waals surface area contributed by atoms with Crippen molar-refractivity contribution in [1.29, 1.82) is 0 Å². The molecular weight excluding hydrogens is 156 g/mol. The lowest BCUT2D eigenvalue weighted by atomic mass is 10.3. The molecule has 0 aliphatic carbocycles. The summed E-state index contributed by atoms with van der Waals surface area (Å²) in [6, 6.07) is 0. The minimum absolute atomic E-state index is 0.773. The predicted octanol–water partition coefficient (Wildman–Crippen LogP) is -0.361. The lowest BCUT2D eigenvalue weighted by Gasteiger charge is -1.95. The number of nitrogens with one attached hydrogen (secondary N) is 1. The molecule has 0 aliphatic rings. The molecule has 0 amide bonds. The van der Waals surface area contributed by atoms with Gasteiger partial charge in [-0.2, -0.15) is 0 Å². The zero-order valence-electron chi connectivity index (χ0n) is 6.38. The second-order valence-electron chi connectivity index (χ2n) is 2.40. The Bertz CT molecular complexity index is 275. The van der Waals surface area contributed by atoms with Crippen molar-refractivity contribution in [1.82, 2.24) is 30.2 Å². The third kappa shape index (κ3) is 1.47. The van der Waals surface area contributed by atoms with Crippen molar-refractivity contribution in [2.24, 2.45) is 0 Å². The highest BCUT2D eigenvalue weighted by molar-refractivity contribution is 4.93. The third-order valence-electron chi connectivity index (χ3n) is 1.56. The molecule has 0 radical (unpaired) electrons. The largest absolute Gasteiger partial charge is 0.348 e. The summed E-state index contributed by atoms with van der Waals surface area (Å²) in [4.78, 5) is 6.91. The van der Waals surface area contributed by atoms with E-state index in [-0.39, 0.29) is 0 Å². The van der Waals surface area contributed by atoms with Gasteiger partial charge in [0.15, 0.2) is 0 Å². The second kappa shape index (κ2) is 3.12. The smallest absolute Gasteiger partial charge is 0.138 e. The Morgan fingerprint density at radius 2 is 2.50 bits per heavy atom. The molecule has 0 saturated heterocycles. The van der Waals surface area contributed by atoms with Crippen molar-refractivity contribution in [2.45, 2.75) is 13.0 Å². The standard InChI is InChI=1S/C6H8N6/c1(6-3-7-4-8-6)2-12-5-9-10-11-12/h3-5H,1-2H2,(H,7,8). The monoisotopic (exact) mass is 164 g/mol. The van der Waals surface area contributed by atoms with E-state index in [1.807, 2.05) is 0 Å². The van der Waals surface area contributed by atoms with Crippen LogP contribution in [0.4, 0.5) is 0 Å². The molecular formula is C6H8N6. The number of hydrogen-bond donors (Lipinski definition) is 1. The van der Waals surface area contributed by atoms with Crippen molar-refractivity contribution in [2.75, 3.05) is 0 Å². The van der Waals surface area contributed by atoms with Crippen molar-refractivity contribution in [3.05, 3.63) is 24.5 Å². The molecule has 2 heterocycles. The molecule has 2 aromatic heterocycles. The number of rotatable bonds is 3. The van der Waals surface area contributed by atoms with Gasteiger partial charge in [-0.1, -0.05) is 0 Å². The fourth-order valence-corrected chi connectivity index (χ4v) is 0.939. The van der Waals surface area contributed by atoms with Crippen LogP contribution in [0, 0.1) is 0 Å². The summed E-state index contributed by atoms with van der Waals surface area (Å²) < 4.78 is 1.68. The molecule has 1 N–H and O–H groups in total. The molecule has 12 heavy (non-hydrogen) atoms. The maximum Gasteiger partial charge on any atom is 0.138 e. The van der Waals surface area contributed by atoms with Crippen LogP contribution in [0.3, 0.4) is 0 Å². The van der Waals surface area contributed by atoms with Crippen LogP contribution < -0.4 is 0 Å². The highest BCUT2D eigenvalue weighted by atomic mass is 15.5. The zero-order chi connectivity index (χ0) is 8.23. The van der Waals surface area contributed by atoms with E-state index in [9.17, 15) is 0 Å². The average Bonchev–Trinajstić information content (AvgIpc) is 2.74. The molecule has 0 spiro atoms. The van der Waals surface area contributed by atoms with Gasteiger partial charge in [-0.15, -0.1) is 5.10 Å². The molecule has 0 aromatic carbocycles. The zero-order valence-corrected chi connectivity index (χ0v) is 6.38. The van der Waals surface area contributed by atoms with Crippen molar-refractivity contribution >= 4 is 0 Å². The lowest BCUT2D eigenvalue weighted by molar-refractivity contribution is 0.584. The average molecular weight is 164 g/mol. The van der Waals surface area contributed by atoms with Crippen LogP contribution in [0.5, 0.6) is 0 Å². The van der Waals surface area contributed by atoms with Crippen LogP contribution in [0.15, 0.2) is 18.9 Å². The van der Waals surface area contributed by atoms with E-state index in [0.29, 0.717) is 0 Å². The van der Waals surface area contributed by atoms with Crippen LogP contribution in [-0.4, -0.2) is 30.2 Å². The van der Waals surface area contributed by atoms with Crippen molar-refractivity contribution in [3.8, 4) is 0 Å². The molecule has 62 valence electrons. The summed E-state index contributed by atoms with van der Waals surface area (Å²) in [5.74, 6) is 0. The summed E-state index contributed by atoms with van der Waals surface area (Å²) in [5.41, 5.74) is 1.09. The Morgan fingerprint density at radius 1 is 1.50 bits per heavy atom. The lowest BCUT2D eigenvalue weighted by Crippen LogP contribution is -2.02. The topological polar surface area (TPSA) is 72.3 Å². The first-order chi connectivity index (χ1) is 5.95. The SMILES string of the molecule is c1ncc(CCn2cnnn2)[nH]1. The molecule has 0 fully saturated rings. The maximum absolute atomic E-state index is 3.91. The number of hydrogen-bond acceptors (Lipinski definition) is 4. The van der Waals surface area contributed by atoms with Crippen LogP contribution >= 0.6 is 0 Å². The number of aromatic nitrogens is 6. The molecule has 0 bridgehead atoms. The van der Waals surface area contributed by atoms with Crippen molar-refractivity contribution < 1.29 is 0 Å². The summed E-state index contributed by atoms with van der Waals surface area (Å²) in [6.45, 7) is 0.773. The Hall–Kier alpha value is -1.72. The highest BCUT2D eigenvalue weighted by Gasteiger charge is 1.95. The number of tetrazole rings is 1. The first-order valence-corrected chi connectivity index (χ1v) is 3.63. The van der Waals surface area contributed by atoms with Crippen LogP contribution in [-0.2, 0) is 13.0 Å². The summed E-state index contributed by atoms with van der Waals surface area (Å²) in [7, 11) is 0. The second-order valence-corrected chi connectivity index (χ2v) is 2.40. The molecule has 2 aromatic rings. The van der Waals surface area contributed by atoms with Crippen LogP contribution in [0.1, 0.15) is 5.69 Å². The van der Waals surface area contributed by atoms with Gasteiger partial charge in [0.2, 0.25) is 0 Å². The quantitative estimate of drug-likeness (QED) is 0.672. The summed E-state index contributed by atoms with van der Waals surface area (Å²) in [6.07, 6.45) is 5.92. The fraction of sp³-hybridized carbons (Fsp3) is 0.333. The van der Waals surface area contributed by atoms with Gasteiger partial charge in [-0.3, -0.25) is 0 Å². The Kier molecular flexibility index (Phi) is 1.81. The van der Waals surface area contributed by atoms with Gasteiger partial charge in [-0.05, 0) is 10.4 Å². The first-order valence-electron chi connectivity index (χ1n) is 3.63. The van der Waals surface area contributed by atoms with Crippen molar-refractivity contribution in [3.63, 3.8) is 0 Å². The molecule has 6 heteroatoms. The van der Waals surface area contributed by atoms with Gasteiger partial charge in [0.25, 0.3) is 0 Å². The molecule has 0 aliphatic heterocycles. The van der Waals surface area contributed by atoms with Gasteiger partial charge in [0.1, 0.15) is 6.33 Å². The Labute approximate surface area is 68.6 Å². The number of aryl methyl sites for hydroxylation is 2. The van der Waals surface area contributed by atoms with E-state index >= 15 is 0 Å². The fourth-order valence-electron chi connectivity index (χ4n) is 0.939. The van der Waals surface area contributed by atoms with E-state index in [4.69, 9.17) is 0 Å². The van der Waals surface area contributed by atoms with E-state index < -0.39 is 0 Å². The highest BCUT2D eigenvalue weighted by Crippen LogP contribution is 1.93. The van der Waals surface area contributed by atoms with Gasteiger partial charge < -0.3 is 4.98 Å². The molecule has 2 rings (SSSR count). The van der Waals surface area contributed by atoms with Crippen LogP contribution in [0.2, 0.25) is 0 Å². The minimum atomic E-state index is 0.773. The van der Waals surface area contributed by atoms with E-state index in [2.05, 4.69) is 25.5 Å². The summed E-state index contributed by atoms with van der Waals surface area (Å²) >= 11 is 0. The Morgan fingerprint density at radius 3 is 3.17 bits per heavy atom. The number of imidazole rings is 1. The van der Waals surface area contributed by atoms with Gasteiger partial charge in [-0.25, -0.2) is 9.67 Å². The molecule has 0 saturated carbocycles. The Balaban J connectivity index is 1.91. The minimum Gasteiger partial charge on any atom is -0.348 e. The third-order valence-corrected chi connectivity index (χ3v) is 1.56. The van der Waals surface area contributed by atoms with Gasteiger partial charge >= 0.3 is 0 Å². The number of H-pyrrole nitrogens is 1. The molecule has 0 atom stereocenters. The van der Waals surface area contributed by atoms with E-state index in [0.717, 1.165) is 18.7 Å². The first kappa shape index (κ1) is 6.96. The molecule has 0 unspecified atom stereocenters. The van der Waals surface area contributed by atoms with Gasteiger partial charge in [0.05, 0.1) is 12.9 Å². The number of aromatic amines is 1. The number of nitrogens with zero attached hydrogens (tertiary/aromatic N) is 5. The van der Waals surface area contributed by atoms with Gasteiger partial charge in [0, 0.05) is 18.3 Å². The molecule has 6 nitrogen and oxygen atoms in total. The summed E-state index contributed by atoms with van der Waals surface area (Å²) in [5, 5.41) is 10.8. The van der Waals surface area contributed by atoms with Crippen LogP contribution in [0.25, 0.3) is 0 Å². The normalized spacial score (nSPS) is 10.3. The van der Waals surface area contributed by atoms with E-state index in [1.54, 1.807) is 23.5 Å². The van der Waals surface area contributed by atoms with E-state index in [1.165, 1.54) is 0 Å². The maximum atomic E-state index is 3.91.